The molecule has 0 saturated carbocycles. The zero-order valence-electron chi connectivity index (χ0n) is 12.3. The van der Waals surface area contributed by atoms with Gasteiger partial charge in [-0.25, -0.2) is 0 Å². The molecule has 1 heterocycles. The monoisotopic (exact) mass is 397 g/mol. The maximum atomic E-state index is 9.27. The molecule has 0 fully saturated rings. The van der Waals surface area contributed by atoms with E-state index in [9.17, 15) is 5.11 Å². The molecule has 1 aliphatic carbocycles. The number of hydrogen-bond donors (Lipinski definition) is 3. The predicted molar refractivity (Wildman–Crippen MR) is 92.1 cm³/mol. The number of aromatic amines is 1. The summed E-state index contributed by atoms with van der Waals surface area (Å²) in [6.45, 7) is 5.95. The third kappa shape index (κ3) is 3.00. The molecule has 3 N–H and O–H groups in total. The number of halogens is 1. The highest BCUT2D eigenvalue weighted by Gasteiger charge is 2.24. The lowest BCUT2D eigenvalue weighted by Gasteiger charge is -2.22. The number of rotatable bonds is 5. The van der Waals surface area contributed by atoms with Gasteiger partial charge in [0.1, 0.15) is 0 Å². The maximum absolute atomic E-state index is 9.27. The van der Waals surface area contributed by atoms with Gasteiger partial charge in [-0.05, 0) is 33.7 Å². The van der Waals surface area contributed by atoms with Crippen molar-refractivity contribution in [2.75, 3.05) is 13.2 Å². The van der Waals surface area contributed by atoms with Crippen LogP contribution in [0.1, 0.15) is 30.5 Å². The molecule has 2 aromatic rings. The van der Waals surface area contributed by atoms with Crippen LogP contribution in [0.2, 0.25) is 0 Å². The number of hydrogen-bond acceptors (Lipinski definition) is 3. The summed E-state index contributed by atoms with van der Waals surface area (Å²) in [5.74, 6) is 0. The third-order valence-corrected chi connectivity index (χ3v) is 4.86. The molecule has 3 rings (SSSR count). The van der Waals surface area contributed by atoms with Crippen molar-refractivity contribution in [3.8, 4) is 11.3 Å². The van der Waals surface area contributed by atoms with E-state index in [1.54, 1.807) is 0 Å². The molecule has 4 nitrogen and oxygen atoms in total. The Balaban J connectivity index is 1.70. The van der Waals surface area contributed by atoms with E-state index in [0.29, 0.717) is 0 Å². The van der Waals surface area contributed by atoms with Gasteiger partial charge in [0.2, 0.25) is 0 Å². The quantitative estimate of drug-likeness (QED) is 0.581. The number of H-pyrrole nitrogens is 1. The van der Waals surface area contributed by atoms with Crippen molar-refractivity contribution < 1.29 is 5.11 Å². The molecule has 0 spiro atoms. The molecule has 21 heavy (non-hydrogen) atoms. The van der Waals surface area contributed by atoms with Crippen molar-refractivity contribution in [2.45, 2.75) is 26.8 Å². The van der Waals surface area contributed by atoms with E-state index < -0.39 is 0 Å². The van der Waals surface area contributed by atoms with Gasteiger partial charge in [0.05, 0.1) is 9.39 Å². The fourth-order valence-electron chi connectivity index (χ4n) is 2.65. The number of fused-ring (bicyclic) bond motifs is 3. The van der Waals surface area contributed by atoms with Crippen LogP contribution in [-0.4, -0.2) is 28.5 Å². The van der Waals surface area contributed by atoms with E-state index in [2.05, 4.69) is 70.2 Å². The number of nitrogens with zero attached hydrogens (tertiary/aromatic N) is 1. The van der Waals surface area contributed by atoms with Gasteiger partial charge < -0.3 is 10.4 Å². The SMILES string of the molecule is CC(C)(CO)CNCc1ccc2c(c1)Cc1c-2n[nH]c1I. The summed E-state index contributed by atoms with van der Waals surface area (Å²) >= 11 is 2.31. The molecule has 5 heteroatoms. The van der Waals surface area contributed by atoms with E-state index in [1.807, 2.05) is 0 Å². The van der Waals surface area contributed by atoms with Crippen molar-refractivity contribution in [1.29, 1.82) is 0 Å². The first-order chi connectivity index (χ1) is 10.00. The first-order valence-electron chi connectivity index (χ1n) is 7.17. The van der Waals surface area contributed by atoms with Gasteiger partial charge in [-0.1, -0.05) is 32.0 Å². The highest BCUT2D eigenvalue weighted by molar-refractivity contribution is 14.1. The van der Waals surface area contributed by atoms with E-state index >= 15 is 0 Å². The molecule has 0 saturated heterocycles. The fourth-order valence-corrected chi connectivity index (χ4v) is 3.22. The fraction of sp³-hybridized carbons (Fsp3) is 0.438. The Hall–Kier alpha value is -0.920. The van der Waals surface area contributed by atoms with Crippen LogP contribution in [0.4, 0.5) is 0 Å². The Morgan fingerprint density at radius 3 is 3.00 bits per heavy atom. The average Bonchev–Trinajstić information content (AvgIpc) is 2.98. The molecular formula is C16H20IN3O. The topological polar surface area (TPSA) is 60.9 Å². The van der Waals surface area contributed by atoms with Crippen LogP contribution in [0.5, 0.6) is 0 Å². The Morgan fingerprint density at radius 1 is 1.43 bits per heavy atom. The summed E-state index contributed by atoms with van der Waals surface area (Å²) in [5.41, 5.74) is 6.25. The van der Waals surface area contributed by atoms with Crippen molar-refractivity contribution >= 4 is 22.6 Å². The van der Waals surface area contributed by atoms with Crippen molar-refractivity contribution in [1.82, 2.24) is 15.5 Å². The van der Waals surface area contributed by atoms with Crippen LogP contribution in [0.3, 0.4) is 0 Å². The van der Waals surface area contributed by atoms with Gasteiger partial charge >= 0.3 is 0 Å². The molecule has 0 bridgehead atoms. The third-order valence-electron chi connectivity index (χ3n) is 3.97. The summed E-state index contributed by atoms with van der Waals surface area (Å²) in [6, 6.07) is 6.60. The van der Waals surface area contributed by atoms with E-state index in [0.717, 1.165) is 28.9 Å². The molecule has 1 aromatic heterocycles. The molecule has 0 atom stereocenters. The lowest BCUT2D eigenvalue weighted by atomic mass is 9.95. The first-order valence-corrected chi connectivity index (χ1v) is 8.24. The van der Waals surface area contributed by atoms with Crippen LogP contribution in [0, 0.1) is 9.12 Å². The molecule has 0 radical (unpaired) electrons. The standard InChI is InChI=1S/C16H20IN3O/c1-16(2,9-21)8-18-7-10-3-4-12-11(5-10)6-13-14(12)19-20-15(13)17/h3-5,18,21H,6-9H2,1-2H3,(H,19,20). The molecule has 1 aromatic carbocycles. The smallest absolute Gasteiger partial charge is 0.0999 e. The van der Waals surface area contributed by atoms with Gasteiger partial charge in [0.25, 0.3) is 0 Å². The van der Waals surface area contributed by atoms with Gasteiger partial charge in [-0.3, -0.25) is 5.10 Å². The molecule has 0 unspecified atom stereocenters. The van der Waals surface area contributed by atoms with Crippen LogP contribution in [0.25, 0.3) is 11.3 Å². The minimum atomic E-state index is -0.0743. The zero-order valence-corrected chi connectivity index (χ0v) is 14.5. The van der Waals surface area contributed by atoms with Gasteiger partial charge in [0, 0.05) is 42.7 Å². The van der Waals surface area contributed by atoms with Crippen LogP contribution in [-0.2, 0) is 13.0 Å². The first kappa shape index (κ1) is 15.0. The molecule has 112 valence electrons. The van der Waals surface area contributed by atoms with Gasteiger partial charge in [-0.2, -0.15) is 5.10 Å². The Labute approximate surface area is 138 Å². The molecule has 1 aliphatic rings. The summed E-state index contributed by atoms with van der Waals surface area (Å²) in [4.78, 5) is 0. The van der Waals surface area contributed by atoms with E-state index in [-0.39, 0.29) is 12.0 Å². The summed E-state index contributed by atoms with van der Waals surface area (Å²) < 4.78 is 1.14. The van der Waals surface area contributed by atoms with Gasteiger partial charge in [-0.15, -0.1) is 0 Å². The van der Waals surface area contributed by atoms with Crippen LogP contribution >= 0.6 is 22.6 Å². The molecule has 0 amide bonds. The predicted octanol–water partition coefficient (Wildman–Crippen LogP) is 2.69. The average molecular weight is 397 g/mol. The van der Waals surface area contributed by atoms with E-state index in [4.69, 9.17) is 0 Å². The molecular weight excluding hydrogens is 377 g/mol. The van der Waals surface area contributed by atoms with Gasteiger partial charge in [0.15, 0.2) is 0 Å². The number of aromatic nitrogens is 2. The second kappa shape index (κ2) is 5.70. The summed E-state index contributed by atoms with van der Waals surface area (Å²) in [6.07, 6.45) is 0.968. The Bertz CT molecular complexity index is 664. The minimum Gasteiger partial charge on any atom is -0.396 e. The second-order valence-corrected chi connectivity index (χ2v) is 7.54. The van der Waals surface area contributed by atoms with E-state index in [1.165, 1.54) is 22.3 Å². The highest BCUT2D eigenvalue weighted by atomic mass is 127. The zero-order chi connectivity index (χ0) is 15.0. The van der Waals surface area contributed by atoms with Crippen molar-refractivity contribution in [3.05, 3.63) is 38.6 Å². The second-order valence-electron chi connectivity index (χ2n) is 6.46. The molecule has 0 aliphatic heterocycles. The number of aliphatic hydroxyl groups is 1. The Morgan fingerprint density at radius 2 is 2.24 bits per heavy atom. The number of aliphatic hydroxyl groups excluding tert-OH is 1. The summed E-state index contributed by atoms with van der Waals surface area (Å²) in [5, 5.41) is 20.1. The lowest BCUT2D eigenvalue weighted by Crippen LogP contribution is -2.31. The Kier molecular flexibility index (Phi) is 4.07. The highest BCUT2D eigenvalue weighted by Crippen LogP contribution is 2.37. The van der Waals surface area contributed by atoms with Crippen LogP contribution < -0.4 is 5.32 Å². The maximum Gasteiger partial charge on any atom is 0.0999 e. The lowest BCUT2D eigenvalue weighted by molar-refractivity contribution is 0.156. The van der Waals surface area contributed by atoms with Crippen LogP contribution in [0.15, 0.2) is 18.2 Å². The normalized spacial score (nSPS) is 13.3. The van der Waals surface area contributed by atoms with Crippen molar-refractivity contribution in [3.63, 3.8) is 0 Å². The number of nitrogens with one attached hydrogen (secondary N) is 2. The number of benzene rings is 1. The minimum absolute atomic E-state index is 0.0743. The largest absolute Gasteiger partial charge is 0.396 e. The van der Waals surface area contributed by atoms with Crippen molar-refractivity contribution in [2.24, 2.45) is 5.41 Å². The summed E-state index contributed by atoms with van der Waals surface area (Å²) in [7, 11) is 0.